The minimum atomic E-state index is -0.201. The molecule has 0 unspecified atom stereocenters. The summed E-state index contributed by atoms with van der Waals surface area (Å²) in [6.45, 7) is 13.9. The van der Waals surface area contributed by atoms with Crippen LogP contribution in [0.4, 0.5) is 17.3 Å². The van der Waals surface area contributed by atoms with Gasteiger partial charge >= 0.3 is 0 Å². The normalized spacial score (nSPS) is 17.1. The maximum absolute atomic E-state index is 12.9. The average Bonchev–Trinajstić information content (AvgIpc) is 2.85. The summed E-state index contributed by atoms with van der Waals surface area (Å²) in [5.41, 5.74) is 2.40. The van der Waals surface area contributed by atoms with Crippen molar-refractivity contribution in [3.63, 3.8) is 0 Å². The predicted octanol–water partition coefficient (Wildman–Crippen LogP) is 2.96. The van der Waals surface area contributed by atoms with E-state index >= 15 is 0 Å². The van der Waals surface area contributed by atoms with Gasteiger partial charge in [0, 0.05) is 80.8 Å². The van der Waals surface area contributed by atoms with Gasteiger partial charge in [0.2, 0.25) is 11.9 Å². The van der Waals surface area contributed by atoms with Crippen molar-refractivity contribution in [1.29, 1.82) is 0 Å². The van der Waals surface area contributed by atoms with Crippen LogP contribution in [0, 0.1) is 11.3 Å². The monoisotopic (exact) mass is 501 g/mol. The first-order valence-electron chi connectivity index (χ1n) is 12.8. The number of carbonyl (C=O) groups excluding carboxylic acids is 1. The largest absolute Gasteiger partial charge is 0.369 e. The molecule has 0 saturated carbocycles. The second kappa shape index (κ2) is 9.97. The number of carbonyl (C=O) groups is 1. The SMILES string of the molecule is C=CC(=O)N1CC(C(C)(C)Cn2c(=O)ccc3cnc(Nc4ccc(N5CCN(C)CC5)cc4)nc32)C1. The molecule has 0 bridgehead atoms. The van der Waals surface area contributed by atoms with E-state index < -0.39 is 0 Å². The second-order valence-corrected chi connectivity index (χ2v) is 10.8. The number of likely N-dealkylation sites (tertiary alicyclic amines) is 1. The maximum atomic E-state index is 12.9. The standard InChI is InChI=1S/C28H35N7O2/c1-5-24(36)34-17-21(18-34)28(2,3)19-35-25(37)11-6-20-16-29-27(31-26(20)35)30-22-7-9-23(10-8-22)33-14-12-32(4)13-15-33/h5-11,16,21H,1,12-15,17-19H2,2-4H3,(H,29,30,31). The highest BCUT2D eigenvalue weighted by Gasteiger charge is 2.40. The van der Waals surface area contributed by atoms with Crippen LogP contribution in [0.15, 0.2) is 60.0 Å². The van der Waals surface area contributed by atoms with E-state index in [1.165, 1.54) is 11.8 Å². The molecule has 2 aromatic heterocycles. The Hall–Kier alpha value is -3.72. The molecule has 5 rings (SSSR count). The number of pyridine rings is 1. The topological polar surface area (TPSA) is 86.6 Å². The van der Waals surface area contributed by atoms with E-state index in [-0.39, 0.29) is 22.8 Å². The van der Waals surface area contributed by atoms with Crippen LogP contribution in [0.3, 0.4) is 0 Å². The van der Waals surface area contributed by atoms with E-state index in [2.05, 4.69) is 59.7 Å². The van der Waals surface area contributed by atoms with Gasteiger partial charge in [-0.15, -0.1) is 0 Å². The van der Waals surface area contributed by atoms with E-state index in [9.17, 15) is 9.59 Å². The van der Waals surface area contributed by atoms with Gasteiger partial charge < -0.3 is 20.0 Å². The Kier molecular flexibility index (Phi) is 6.72. The Morgan fingerprint density at radius 1 is 1.11 bits per heavy atom. The van der Waals surface area contributed by atoms with E-state index in [0.29, 0.717) is 31.2 Å². The van der Waals surface area contributed by atoms with Gasteiger partial charge in [-0.2, -0.15) is 4.98 Å². The summed E-state index contributed by atoms with van der Waals surface area (Å²) in [5, 5.41) is 4.10. The predicted molar refractivity (Wildman–Crippen MR) is 147 cm³/mol. The van der Waals surface area contributed by atoms with Crippen molar-refractivity contribution in [2.45, 2.75) is 20.4 Å². The van der Waals surface area contributed by atoms with Gasteiger partial charge in [-0.1, -0.05) is 20.4 Å². The summed E-state index contributed by atoms with van der Waals surface area (Å²) in [6, 6.07) is 11.6. The summed E-state index contributed by atoms with van der Waals surface area (Å²) in [4.78, 5) is 40.6. The fraction of sp³-hybridized carbons (Fsp3) is 0.429. The van der Waals surface area contributed by atoms with Crippen molar-refractivity contribution in [3.8, 4) is 0 Å². The molecule has 9 nitrogen and oxygen atoms in total. The van der Waals surface area contributed by atoms with Crippen LogP contribution in [0.1, 0.15) is 13.8 Å². The zero-order chi connectivity index (χ0) is 26.2. The molecular formula is C28H35N7O2. The minimum absolute atomic E-state index is 0.0469. The molecule has 2 saturated heterocycles. The number of rotatable bonds is 7. The third-order valence-electron chi connectivity index (χ3n) is 7.75. The number of hydrogen-bond donors (Lipinski definition) is 1. The zero-order valence-electron chi connectivity index (χ0n) is 21.9. The van der Waals surface area contributed by atoms with Gasteiger partial charge in [0.15, 0.2) is 0 Å². The maximum Gasteiger partial charge on any atom is 0.252 e. The lowest BCUT2D eigenvalue weighted by atomic mass is 9.74. The third-order valence-corrected chi connectivity index (χ3v) is 7.75. The molecule has 1 amide bonds. The van der Waals surface area contributed by atoms with Crippen LogP contribution in [0.2, 0.25) is 0 Å². The number of nitrogens with zero attached hydrogens (tertiary/aromatic N) is 6. The first-order chi connectivity index (χ1) is 17.7. The lowest BCUT2D eigenvalue weighted by Crippen LogP contribution is -2.56. The highest BCUT2D eigenvalue weighted by molar-refractivity contribution is 5.87. The van der Waals surface area contributed by atoms with Crippen LogP contribution >= 0.6 is 0 Å². The van der Waals surface area contributed by atoms with Gasteiger partial charge in [0.25, 0.3) is 5.56 Å². The lowest BCUT2D eigenvalue weighted by Gasteiger charge is -2.47. The Balaban J connectivity index is 1.33. The van der Waals surface area contributed by atoms with Crippen LogP contribution in [-0.2, 0) is 11.3 Å². The van der Waals surface area contributed by atoms with Gasteiger partial charge in [-0.05, 0) is 48.9 Å². The molecule has 1 N–H and O–H groups in total. The molecule has 9 heteroatoms. The number of aromatic nitrogens is 3. The van der Waals surface area contributed by atoms with Gasteiger partial charge in [0.05, 0.1) is 0 Å². The number of piperazine rings is 1. The van der Waals surface area contributed by atoms with Crippen LogP contribution in [0.5, 0.6) is 0 Å². The Labute approximate surface area is 217 Å². The number of benzene rings is 1. The minimum Gasteiger partial charge on any atom is -0.369 e. The quantitative estimate of drug-likeness (QED) is 0.498. The van der Waals surface area contributed by atoms with Crippen LogP contribution < -0.4 is 15.8 Å². The molecular weight excluding hydrogens is 466 g/mol. The van der Waals surface area contributed by atoms with Crippen molar-refractivity contribution in [3.05, 3.63) is 65.6 Å². The number of anilines is 3. The lowest BCUT2D eigenvalue weighted by molar-refractivity contribution is -0.135. The highest BCUT2D eigenvalue weighted by atomic mass is 16.2. The Morgan fingerprint density at radius 3 is 2.49 bits per heavy atom. The van der Waals surface area contributed by atoms with Gasteiger partial charge in [-0.25, -0.2) is 4.98 Å². The Bertz CT molecular complexity index is 1350. The number of likely N-dealkylation sites (N-methyl/N-ethyl adjacent to an activating group) is 1. The van der Waals surface area contributed by atoms with E-state index in [4.69, 9.17) is 4.98 Å². The molecule has 2 aliphatic heterocycles. The highest BCUT2D eigenvalue weighted by Crippen LogP contribution is 2.36. The molecule has 37 heavy (non-hydrogen) atoms. The summed E-state index contributed by atoms with van der Waals surface area (Å²) in [5.74, 6) is 0.689. The number of nitrogens with one attached hydrogen (secondary N) is 1. The van der Waals surface area contributed by atoms with Crippen molar-refractivity contribution in [2.24, 2.45) is 11.3 Å². The van der Waals surface area contributed by atoms with E-state index in [0.717, 1.165) is 37.3 Å². The molecule has 0 spiro atoms. The molecule has 0 atom stereocenters. The van der Waals surface area contributed by atoms with Crippen molar-refractivity contribution < 1.29 is 4.79 Å². The zero-order valence-corrected chi connectivity index (χ0v) is 21.9. The molecule has 2 fully saturated rings. The fourth-order valence-electron chi connectivity index (χ4n) is 5.05. The molecule has 4 heterocycles. The molecule has 0 aliphatic carbocycles. The molecule has 1 aromatic carbocycles. The van der Waals surface area contributed by atoms with E-state index in [1.54, 1.807) is 27.8 Å². The van der Waals surface area contributed by atoms with Gasteiger partial charge in [0.1, 0.15) is 5.65 Å². The van der Waals surface area contributed by atoms with Gasteiger partial charge in [-0.3, -0.25) is 14.2 Å². The third kappa shape index (κ3) is 5.22. The fourth-order valence-corrected chi connectivity index (χ4v) is 5.05. The van der Waals surface area contributed by atoms with Crippen LogP contribution in [0.25, 0.3) is 11.0 Å². The van der Waals surface area contributed by atoms with Crippen molar-refractivity contribution in [2.75, 3.05) is 56.5 Å². The average molecular weight is 502 g/mol. The van der Waals surface area contributed by atoms with Crippen molar-refractivity contribution in [1.82, 2.24) is 24.3 Å². The smallest absolute Gasteiger partial charge is 0.252 e. The summed E-state index contributed by atoms with van der Waals surface area (Å²) >= 11 is 0. The van der Waals surface area contributed by atoms with Crippen molar-refractivity contribution >= 4 is 34.3 Å². The van der Waals surface area contributed by atoms with Crippen LogP contribution in [-0.4, -0.2) is 76.6 Å². The molecule has 0 radical (unpaired) electrons. The second-order valence-electron chi connectivity index (χ2n) is 10.8. The number of hydrogen-bond acceptors (Lipinski definition) is 7. The summed E-state index contributed by atoms with van der Waals surface area (Å²) in [7, 11) is 2.15. The summed E-state index contributed by atoms with van der Waals surface area (Å²) < 4.78 is 1.73. The number of amides is 1. The molecule has 2 aliphatic rings. The first kappa shape index (κ1) is 25.0. The number of fused-ring (bicyclic) bond motifs is 1. The molecule has 194 valence electrons. The Morgan fingerprint density at radius 2 is 1.81 bits per heavy atom. The summed E-state index contributed by atoms with van der Waals surface area (Å²) in [6.07, 6.45) is 3.10. The first-order valence-corrected chi connectivity index (χ1v) is 12.8. The molecule has 3 aromatic rings. The van der Waals surface area contributed by atoms with E-state index in [1.807, 2.05) is 12.1 Å².